The normalized spacial score (nSPS) is 19.9. The Hall–Kier alpha value is -2.21. The molecule has 3 nitrogen and oxygen atoms in total. The maximum Gasteiger partial charge on any atom is 0.438 e. The van der Waals surface area contributed by atoms with E-state index in [0.717, 1.165) is 0 Å². The molecule has 2 aromatic rings. The molecule has 150 valence electrons. The summed E-state index contributed by atoms with van der Waals surface area (Å²) < 4.78 is 109. The van der Waals surface area contributed by atoms with Gasteiger partial charge < -0.3 is 5.11 Å². The Kier molecular flexibility index (Phi) is 4.90. The Labute approximate surface area is 160 Å². The van der Waals surface area contributed by atoms with Crippen molar-refractivity contribution in [1.82, 2.24) is 0 Å². The van der Waals surface area contributed by atoms with Crippen molar-refractivity contribution in [3.8, 4) is 0 Å². The van der Waals surface area contributed by atoms with Crippen molar-refractivity contribution in [2.75, 3.05) is 5.01 Å². The van der Waals surface area contributed by atoms with E-state index in [1.54, 1.807) is 0 Å². The van der Waals surface area contributed by atoms with Gasteiger partial charge in [0.15, 0.2) is 23.3 Å². The Morgan fingerprint density at radius 3 is 1.82 bits per heavy atom. The standard InChI is InChI=1S/C16H7BrF8N2O/c17-7-3-1-6(2-4-7)8-5-15(28,16(23,24)25)27(26-8)14-12(21)10(19)9(18)11(20)13(14)22/h1-4,28H,5H2. The van der Waals surface area contributed by atoms with Crippen LogP contribution < -0.4 is 5.01 Å². The molecule has 0 amide bonds. The van der Waals surface area contributed by atoms with Crippen molar-refractivity contribution in [1.29, 1.82) is 0 Å². The number of hydrazone groups is 1. The van der Waals surface area contributed by atoms with Crippen LogP contribution in [-0.4, -0.2) is 22.7 Å². The van der Waals surface area contributed by atoms with E-state index in [0.29, 0.717) is 4.47 Å². The molecule has 1 aliphatic heterocycles. The molecule has 2 aromatic carbocycles. The Morgan fingerprint density at radius 2 is 1.36 bits per heavy atom. The van der Waals surface area contributed by atoms with E-state index >= 15 is 0 Å². The Balaban J connectivity index is 2.25. The van der Waals surface area contributed by atoms with Crippen LogP contribution in [0.25, 0.3) is 0 Å². The van der Waals surface area contributed by atoms with Gasteiger partial charge in [-0.2, -0.15) is 18.3 Å². The molecular formula is C16H7BrF8N2O. The predicted molar refractivity (Wildman–Crippen MR) is 85.0 cm³/mol. The lowest BCUT2D eigenvalue weighted by molar-refractivity contribution is -0.254. The van der Waals surface area contributed by atoms with Gasteiger partial charge in [0.05, 0.1) is 12.1 Å². The van der Waals surface area contributed by atoms with Crippen molar-refractivity contribution in [3.63, 3.8) is 0 Å². The second-order valence-corrected chi connectivity index (χ2v) is 6.69. The van der Waals surface area contributed by atoms with Crippen LogP contribution in [0.5, 0.6) is 0 Å². The summed E-state index contributed by atoms with van der Waals surface area (Å²) in [7, 11) is 0. The number of hydrogen-bond acceptors (Lipinski definition) is 3. The fraction of sp³-hybridized carbons (Fsp3) is 0.188. The highest BCUT2D eigenvalue weighted by molar-refractivity contribution is 9.10. The van der Waals surface area contributed by atoms with Crippen molar-refractivity contribution in [2.45, 2.75) is 18.3 Å². The summed E-state index contributed by atoms with van der Waals surface area (Å²) in [6, 6.07) is 5.43. The highest BCUT2D eigenvalue weighted by Gasteiger charge is 2.63. The molecule has 1 N–H and O–H groups in total. The Bertz CT molecular complexity index is 947. The largest absolute Gasteiger partial charge is 0.438 e. The molecule has 0 fully saturated rings. The smallest absolute Gasteiger partial charge is 0.362 e. The summed E-state index contributed by atoms with van der Waals surface area (Å²) >= 11 is 3.10. The van der Waals surface area contributed by atoms with Crippen LogP contribution in [0.2, 0.25) is 0 Å². The third kappa shape index (κ3) is 3.04. The number of hydrogen-bond donors (Lipinski definition) is 1. The lowest BCUT2D eigenvalue weighted by Crippen LogP contribution is -2.55. The monoisotopic (exact) mass is 474 g/mol. The third-order valence-corrected chi connectivity index (χ3v) is 4.54. The lowest BCUT2D eigenvalue weighted by Gasteiger charge is -2.34. The van der Waals surface area contributed by atoms with E-state index in [4.69, 9.17) is 0 Å². The first-order chi connectivity index (χ1) is 12.9. The van der Waals surface area contributed by atoms with E-state index in [1.807, 2.05) is 0 Å². The zero-order valence-electron chi connectivity index (χ0n) is 13.3. The van der Waals surface area contributed by atoms with E-state index < -0.39 is 63.8 Å². The molecule has 28 heavy (non-hydrogen) atoms. The average Bonchev–Trinajstić information content (AvgIpc) is 2.98. The minimum absolute atomic E-state index is 0.0391. The van der Waals surface area contributed by atoms with Crippen molar-refractivity contribution in [2.24, 2.45) is 5.10 Å². The number of aliphatic hydroxyl groups is 1. The van der Waals surface area contributed by atoms with E-state index in [2.05, 4.69) is 21.0 Å². The van der Waals surface area contributed by atoms with Gasteiger partial charge >= 0.3 is 6.18 Å². The number of rotatable bonds is 2. The van der Waals surface area contributed by atoms with Gasteiger partial charge in [0, 0.05) is 4.47 Å². The molecule has 12 heteroatoms. The van der Waals surface area contributed by atoms with Crippen LogP contribution >= 0.6 is 15.9 Å². The lowest BCUT2D eigenvalue weighted by atomic mass is 10.0. The van der Waals surface area contributed by atoms with Crippen LogP contribution in [0.15, 0.2) is 33.8 Å². The number of anilines is 1. The van der Waals surface area contributed by atoms with Gasteiger partial charge in [-0.3, -0.25) is 0 Å². The maximum absolute atomic E-state index is 14.1. The molecule has 0 bridgehead atoms. The maximum atomic E-state index is 14.1. The van der Waals surface area contributed by atoms with E-state index in [-0.39, 0.29) is 5.56 Å². The quantitative estimate of drug-likeness (QED) is 0.377. The molecular weight excluding hydrogens is 468 g/mol. The highest BCUT2D eigenvalue weighted by atomic mass is 79.9. The number of benzene rings is 2. The molecule has 1 aliphatic rings. The second-order valence-electron chi connectivity index (χ2n) is 5.78. The first kappa shape index (κ1) is 20.5. The number of alkyl halides is 3. The predicted octanol–water partition coefficient (Wildman–Crippen LogP) is 5.01. The summed E-state index contributed by atoms with van der Waals surface area (Å²) in [6.45, 7) is 0. The van der Waals surface area contributed by atoms with Crippen LogP contribution in [0.1, 0.15) is 12.0 Å². The summed E-state index contributed by atoms with van der Waals surface area (Å²) in [5.41, 5.74) is -6.48. The second kappa shape index (κ2) is 6.69. The van der Waals surface area contributed by atoms with Crippen molar-refractivity contribution >= 4 is 27.3 Å². The van der Waals surface area contributed by atoms with Crippen LogP contribution in [-0.2, 0) is 0 Å². The number of halogens is 9. The van der Waals surface area contributed by atoms with Crippen LogP contribution in [0.4, 0.5) is 40.8 Å². The van der Waals surface area contributed by atoms with Gasteiger partial charge in [-0.15, -0.1) is 0 Å². The first-order valence-electron chi connectivity index (χ1n) is 7.32. The van der Waals surface area contributed by atoms with Gasteiger partial charge in [-0.05, 0) is 17.7 Å². The van der Waals surface area contributed by atoms with Crippen molar-refractivity contribution < 1.29 is 40.2 Å². The first-order valence-corrected chi connectivity index (χ1v) is 8.12. The minimum Gasteiger partial charge on any atom is -0.362 e. The highest BCUT2D eigenvalue weighted by Crippen LogP contribution is 2.46. The summed E-state index contributed by atoms with van der Waals surface area (Å²) in [4.78, 5) is 0. The van der Waals surface area contributed by atoms with E-state index in [9.17, 15) is 40.2 Å². The zero-order chi connectivity index (χ0) is 21.0. The van der Waals surface area contributed by atoms with E-state index in [1.165, 1.54) is 24.3 Å². The number of nitrogens with zero attached hydrogens (tertiary/aromatic N) is 2. The van der Waals surface area contributed by atoms with Gasteiger partial charge in [-0.1, -0.05) is 28.1 Å². The van der Waals surface area contributed by atoms with Gasteiger partial charge in [0.1, 0.15) is 5.69 Å². The van der Waals surface area contributed by atoms with Gasteiger partial charge in [0.25, 0.3) is 5.72 Å². The van der Waals surface area contributed by atoms with Crippen LogP contribution in [0.3, 0.4) is 0 Å². The average molecular weight is 475 g/mol. The molecule has 0 saturated carbocycles. The molecule has 0 spiro atoms. The zero-order valence-corrected chi connectivity index (χ0v) is 14.8. The molecule has 0 aromatic heterocycles. The molecule has 1 heterocycles. The topological polar surface area (TPSA) is 35.8 Å². The summed E-state index contributed by atoms with van der Waals surface area (Å²) in [5, 5.41) is 12.8. The van der Waals surface area contributed by atoms with Crippen LogP contribution in [0, 0.1) is 29.1 Å². The van der Waals surface area contributed by atoms with Gasteiger partial charge in [-0.25, -0.2) is 27.0 Å². The summed E-state index contributed by atoms with van der Waals surface area (Å²) in [5.74, 6) is -12.6. The SMILES string of the molecule is OC1(C(F)(F)F)CC(c2ccc(Br)cc2)=NN1c1c(F)c(F)c(F)c(F)c1F. The molecule has 0 aliphatic carbocycles. The van der Waals surface area contributed by atoms with Gasteiger partial charge in [0.2, 0.25) is 5.82 Å². The molecule has 3 rings (SSSR count). The summed E-state index contributed by atoms with van der Waals surface area (Å²) in [6.07, 6.45) is -6.86. The van der Waals surface area contributed by atoms with Crippen molar-refractivity contribution in [3.05, 3.63) is 63.4 Å². The molecule has 1 unspecified atom stereocenters. The fourth-order valence-electron chi connectivity index (χ4n) is 2.58. The molecule has 1 atom stereocenters. The Morgan fingerprint density at radius 1 is 0.893 bits per heavy atom. The third-order valence-electron chi connectivity index (χ3n) is 4.01. The minimum atomic E-state index is -5.55. The fourth-order valence-corrected chi connectivity index (χ4v) is 2.85. The molecule has 0 radical (unpaired) electrons. The molecule has 0 saturated heterocycles.